The van der Waals surface area contributed by atoms with E-state index in [1.54, 1.807) is 6.33 Å². The van der Waals surface area contributed by atoms with E-state index in [2.05, 4.69) is 25.4 Å². The summed E-state index contributed by atoms with van der Waals surface area (Å²) < 4.78 is 5.30. The highest BCUT2D eigenvalue weighted by atomic mass is 16.5. The van der Waals surface area contributed by atoms with Gasteiger partial charge in [0, 0.05) is 18.3 Å². The van der Waals surface area contributed by atoms with E-state index in [4.69, 9.17) is 4.52 Å². The monoisotopic (exact) mass is 403 g/mol. The van der Waals surface area contributed by atoms with Crippen molar-refractivity contribution in [1.82, 2.24) is 25.4 Å². The first-order valence-corrected chi connectivity index (χ1v) is 10.0. The van der Waals surface area contributed by atoms with Gasteiger partial charge < -0.3 is 14.8 Å². The summed E-state index contributed by atoms with van der Waals surface area (Å²) in [7, 11) is 0. The van der Waals surface area contributed by atoms with Gasteiger partial charge in [-0.05, 0) is 23.3 Å². The minimum absolute atomic E-state index is 0.0796. The molecule has 0 aliphatic heterocycles. The van der Waals surface area contributed by atoms with Gasteiger partial charge in [-0.25, -0.2) is 4.98 Å². The van der Waals surface area contributed by atoms with Gasteiger partial charge in [0.25, 0.3) is 0 Å². The lowest BCUT2D eigenvalue weighted by Crippen LogP contribution is -2.29. The molecule has 1 atom stereocenters. The zero-order valence-corrected chi connectivity index (χ0v) is 17.3. The summed E-state index contributed by atoms with van der Waals surface area (Å²) in [5.41, 5.74) is 3.64. The Bertz CT molecular complexity index is 1140. The highest BCUT2D eigenvalue weighted by Crippen LogP contribution is 2.25. The second kappa shape index (κ2) is 8.10. The first-order valence-electron chi connectivity index (χ1n) is 10.0. The number of benzene rings is 2. The molecule has 1 amide bonds. The highest BCUT2D eigenvalue weighted by molar-refractivity contribution is 5.78. The van der Waals surface area contributed by atoms with Crippen LogP contribution in [-0.4, -0.2) is 26.0 Å². The van der Waals surface area contributed by atoms with E-state index in [0.29, 0.717) is 18.1 Å². The molecule has 0 saturated carbocycles. The maximum Gasteiger partial charge on any atom is 0.227 e. The van der Waals surface area contributed by atoms with E-state index in [-0.39, 0.29) is 23.8 Å². The van der Waals surface area contributed by atoms with Gasteiger partial charge in [-0.15, -0.1) is 0 Å². The third-order valence-electron chi connectivity index (χ3n) is 4.92. The van der Waals surface area contributed by atoms with Crippen LogP contribution < -0.4 is 5.32 Å². The number of imidazole rings is 1. The second-order valence-electron chi connectivity index (χ2n) is 8.35. The molecule has 7 nitrogen and oxygen atoms in total. The number of rotatable bonds is 6. The minimum Gasteiger partial charge on any atom is -0.345 e. The predicted octanol–water partition coefficient (Wildman–Crippen LogP) is 4.08. The molecule has 0 radical (unpaired) electrons. The summed E-state index contributed by atoms with van der Waals surface area (Å²) in [6, 6.07) is 15.6. The maximum atomic E-state index is 12.8. The average molecular weight is 403 g/mol. The maximum absolute atomic E-state index is 12.8. The van der Waals surface area contributed by atoms with Crippen LogP contribution in [0, 0.1) is 0 Å². The Labute approximate surface area is 174 Å². The van der Waals surface area contributed by atoms with Crippen molar-refractivity contribution in [3.8, 4) is 0 Å². The van der Waals surface area contributed by atoms with Crippen molar-refractivity contribution in [2.24, 2.45) is 0 Å². The summed E-state index contributed by atoms with van der Waals surface area (Å²) in [5, 5.41) is 7.17. The van der Waals surface area contributed by atoms with Crippen LogP contribution in [-0.2, 0) is 16.6 Å². The summed E-state index contributed by atoms with van der Waals surface area (Å²) in [6.07, 6.45) is 2.33. The predicted molar refractivity (Wildman–Crippen MR) is 114 cm³/mol. The molecule has 7 heteroatoms. The van der Waals surface area contributed by atoms with Crippen LogP contribution in [0.4, 0.5) is 0 Å². The molecular formula is C23H25N5O2. The standard InChI is InChI=1S/C23H25N5O2/c1-23(2,3)22-27-20(30-28-22)12-11-19(29)26-21(15-7-5-4-6-8-15)16-9-10-17-18(13-16)25-14-24-17/h4-10,13-14,21H,11-12H2,1-3H3,(H,24,25)(H,26,29). The fraction of sp³-hybridized carbons (Fsp3) is 0.304. The Morgan fingerprint density at radius 3 is 2.67 bits per heavy atom. The van der Waals surface area contributed by atoms with Crippen LogP contribution in [0.15, 0.2) is 59.4 Å². The Hall–Kier alpha value is -3.48. The average Bonchev–Trinajstić information content (AvgIpc) is 3.39. The Kier molecular flexibility index (Phi) is 5.35. The third-order valence-corrected chi connectivity index (χ3v) is 4.92. The van der Waals surface area contributed by atoms with Crippen molar-refractivity contribution in [1.29, 1.82) is 0 Å². The topological polar surface area (TPSA) is 96.7 Å². The fourth-order valence-corrected chi connectivity index (χ4v) is 3.25. The van der Waals surface area contributed by atoms with Gasteiger partial charge in [0.15, 0.2) is 5.82 Å². The highest BCUT2D eigenvalue weighted by Gasteiger charge is 2.22. The smallest absolute Gasteiger partial charge is 0.227 e. The van der Waals surface area contributed by atoms with Gasteiger partial charge in [-0.2, -0.15) is 4.98 Å². The van der Waals surface area contributed by atoms with Crippen LogP contribution in [0.1, 0.15) is 56.1 Å². The van der Waals surface area contributed by atoms with Crippen molar-refractivity contribution in [2.45, 2.75) is 45.1 Å². The van der Waals surface area contributed by atoms with Crippen LogP contribution in [0.5, 0.6) is 0 Å². The van der Waals surface area contributed by atoms with Crippen molar-refractivity contribution < 1.29 is 9.32 Å². The number of hydrogen-bond donors (Lipinski definition) is 2. The molecule has 0 aliphatic rings. The molecular weight excluding hydrogens is 378 g/mol. The van der Waals surface area contributed by atoms with E-state index in [0.717, 1.165) is 22.2 Å². The lowest BCUT2D eigenvalue weighted by atomic mass is 9.96. The van der Waals surface area contributed by atoms with Crippen LogP contribution in [0.3, 0.4) is 0 Å². The zero-order valence-electron chi connectivity index (χ0n) is 17.3. The zero-order chi connectivity index (χ0) is 21.1. The molecule has 154 valence electrons. The molecule has 1 unspecified atom stereocenters. The van der Waals surface area contributed by atoms with E-state index >= 15 is 0 Å². The third kappa shape index (κ3) is 4.40. The van der Waals surface area contributed by atoms with E-state index in [1.165, 1.54) is 0 Å². The molecule has 4 rings (SSSR count). The fourth-order valence-electron chi connectivity index (χ4n) is 3.25. The van der Waals surface area contributed by atoms with Gasteiger partial charge in [-0.3, -0.25) is 4.79 Å². The number of aryl methyl sites for hydroxylation is 1. The Balaban J connectivity index is 1.50. The normalized spacial score (nSPS) is 12.8. The molecule has 0 aliphatic carbocycles. The molecule has 0 spiro atoms. The number of aromatic amines is 1. The second-order valence-corrected chi connectivity index (χ2v) is 8.35. The van der Waals surface area contributed by atoms with E-state index in [9.17, 15) is 4.79 Å². The molecule has 2 N–H and O–H groups in total. The number of H-pyrrole nitrogens is 1. The number of nitrogens with zero attached hydrogens (tertiary/aromatic N) is 3. The molecule has 30 heavy (non-hydrogen) atoms. The molecule has 2 aromatic carbocycles. The van der Waals surface area contributed by atoms with Crippen LogP contribution in [0.25, 0.3) is 11.0 Å². The first-order chi connectivity index (χ1) is 14.4. The minimum atomic E-state index is -0.265. The van der Waals surface area contributed by atoms with Gasteiger partial charge >= 0.3 is 0 Å². The van der Waals surface area contributed by atoms with Crippen molar-refractivity contribution in [3.63, 3.8) is 0 Å². The number of carbonyl (C=O) groups excluding carboxylic acids is 1. The Morgan fingerprint density at radius 1 is 1.13 bits per heavy atom. The summed E-state index contributed by atoms with van der Waals surface area (Å²) in [5.74, 6) is 1.04. The van der Waals surface area contributed by atoms with Crippen molar-refractivity contribution in [2.75, 3.05) is 0 Å². The van der Waals surface area contributed by atoms with Crippen LogP contribution in [0.2, 0.25) is 0 Å². The molecule has 2 aromatic heterocycles. The molecule has 0 bridgehead atoms. The van der Waals surface area contributed by atoms with Gasteiger partial charge in [-0.1, -0.05) is 62.3 Å². The van der Waals surface area contributed by atoms with Crippen LogP contribution >= 0.6 is 0 Å². The largest absolute Gasteiger partial charge is 0.345 e. The number of carbonyl (C=O) groups is 1. The quantitative estimate of drug-likeness (QED) is 0.506. The summed E-state index contributed by atoms with van der Waals surface area (Å²) in [4.78, 5) is 24.6. The summed E-state index contributed by atoms with van der Waals surface area (Å²) in [6.45, 7) is 6.07. The SMILES string of the molecule is CC(C)(C)c1noc(CCC(=O)NC(c2ccccc2)c2ccc3nc[nH]c3c2)n1. The lowest BCUT2D eigenvalue weighted by molar-refractivity contribution is -0.121. The number of hydrogen-bond acceptors (Lipinski definition) is 5. The Morgan fingerprint density at radius 2 is 1.93 bits per heavy atom. The van der Waals surface area contributed by atoms with E-state index < -0.39 is 0 Å². The van der Waals surface area contributed by atoms with E-state index in [1.807, 2.05) is 69.3 Å². The summed E-state index contributed by atoms with van der Waals surface area (Å²) >= 11 is 0. The number of aromatic nitrogens is 4. The molecule has 2 heterocycles. The number of fused-ring (bicyclic) bond motifs is 1. The first kappa shape index (κ1) is 19.8. The molecule has 4 aromatic rings. The van der Waals surface area contributed by atoms with Gasteiger partial charge in [0.1, 0.15) is 0 Å². The van der Waals surface area contributed by atoms with Crippen molar-refractivity contribution in [3.05, 3.63) is 77.7 Å². The molecule has 0 saturated heterocycles. The van der Waals surface area contributed by atoms with Crippen molar-refractivity contribution >= 4 is 16.9 Å². The number of nitrogens with one attached hydrogen (secondary N) is 2. The lowest BCUT2D eigenvalue weighted by Gasteiger charge is -2.20. The van der Waals surface area contributed by atoms with Gasteiger partial charge in [0.05, 0.1) is 23.4 Å². The molecule has 0 fully saturated rings. The van der Waals surface area contributed by atoms with Gasteiger partial charge in [0.2, 0.25) is 11.8 Å². The number of amides is 1.